The van der Waals surface area contributed by atoms with Crippen LogP contribution in [0, 0.1) is 0 Å². The first-order valence-corrected chi connectivity index (χ1v) is 7.58. The highest BCUT2D eigenvalue weighted by atomic mass is 16.3. The van der Waals surface area contributed by atoms with Crippen molar-refractivity contribution in [1.29, 1.82) is 0 Å². The number of benzene rings is 1. The first-order valence-electron chi connectivity index (χ1n) is 7.58. The molecule has 3 aromatic heterocycles. The molecule has 0 radical (unpaired) electrons. The van der Waals surface area contributed by atoms with Gasteiger partial charge in [0.1, 0.15) is 17.8 Å². The number of rotatable bonds is 4. The number of imidazole rings is 1. The number of carbonyl (C=O) groups excluding carboxylic acids is 1. The monoisotopic (exact) mass is 334 g/mol. The molecule has 0 bridgehead atoms. The van der Waals surface area contributed by atoms with E-state index in [1.54, 1.807) is 23.0 Å². The van der Waals surface area contributed by atoms with Crippen molar-refractivity contribution in [2.45, 2.75) is 6.54 Å². The van der Waals surface area contributed by atoms with Gasteiger partial charge in [0, 0.05) is 5.69 Å². The molecule has 8 nitrogen and oxygen atoms in total. The minimum atomic E-state index is -0.192. The smallest absolute Gasteiger partial charge is 0.244 e. The average Bonchev–Trinajstić information content (AvgIpc) is 3.26. The van der Waals surface area contributed by atoms with Gasteiger partial charge in [-0.3, -0.25) is 4.79 Å². The second kappa shape index (κ2) is 6.08. The Bertz CT molecular complexity index is 1020. The van der Waals surface area contributed by atoms with Crippen molar-refractivity contribution in [3.63, 3.8) is 0 Å². The predicted molar refractivity (Wildman–Crippen MR) is 92.5 cm³/mol. The molecule has 1 aromatic carbocycles. The largest absolute Gasteiger partial charge is 0.463 e. The van der Waals surface area contributed by atoms with E-state index in [-0.39, 0.29) is 18.4 Å². The van der Waals surface area contributed by atoms with Gasteiger partial charge in [-0.15, -0.1) is 0 Å². The number of hydrogen-bond donors (Lipinski definition) is 2. The second-order valence-corrected chi connectivity index (χ2v) is 5.37. The van der Waals surface area contributed by atoms with Crippen LogP contribution in [0.25, 0.3) is 22.6 Å². The third kappa shape index (κ3) is 2.92. The molecule has 0 saturated heterocycles. The number of hydrogen-bond acceptors (Lipinski definition) is 6. The highest BCUT2D eigenvalue weighted by molar-refractivity contribution is 5.92. The molecule has 4 aromatic rings. The molecule has 0 saturated carbocycles. The first-order chi connectivity index (χ1) is 12.2. The molecule has 0 unspecified atom stereocenters. The summed E-state index contributed by atoms with van der Waals surface area (Å²) in [6.45, 7) is 0.0550. The van der Waals surface area contributed by atoms with E-state index in [1.807, 2.05) is 30.3 Å². The lowest BCUT2D eigenvalue weighted by atomic mass is 10.3. The fourth-order valence-corrected chi connectivity index (χ4v) is 2.54. The number of para-hydroxylation sites is 1. The molecular weight excluding hydrogens is 320 g/mol. The number of carbonyl (C=O) groups is 1. The Balaban J connectivity index is 1.66. The summed E-state index contributed by atoms with van der Waals surface area (Å²) in [6, 6.07) is 12.7. The lowest BCUT2D eigenvalue weighted by molar-refractivity contribution is -0.116. The number of nitrogen functional groups attached to an aromatic ring is 1. The molecule has 25 heavy (non-hydrogen) atoms. The third-order valence-electron chi connectivity index (χ3n) is 3.61. The summed E-state index contributed by atoms with van der Waals surface area (Å²) in [6.07, 6.45) is 3.08. The maximum atomic E-state index is 12.3. The van der Waals surface area contributed by atoms with Gasteiger partial charge in [-0.2, -0.15) is 4.98 Å². The Morgan fingerprint density at radius 2 is 2.00 bits per heavy atom. The molecule has 1 amide bonds. The maximum absolute atomic E-state index is 12.3. The van der Waals surface area contributed by atoms with Crippen molar-refractivity contribution in [2.75, 3.05) is 11.1 Å². The summed E-state index contributed by atoms with van der Waals surface area (Å²) in [4.78, 5) is 25.0. The highest BCUT2D eigenvalue weighted by Crippen LogP contribution is 2.26. The van der Waals surface area contributed by atoms with Gasteiger partial charge in [0.15, 0.2) is 11.4 Å². The van der Waals surface area contributed by atoms with Gasteiger partial charge in [-0.05, 0) is 24.3 Å². The minimum absolute atomic E-state index is 0.0550. The molecule has 3 N–H and O–H groups in total. The van der Waals surface area contributed by atoms with Crippen molar-refractivity contribution in [3.05, 3.63) is 55.1 Å². The lowest BCUT2D eigenvalue weighted by Gasteiger charge is -2.07. The second-order valence-electron chi connectivity index (χ2n) is 5.37. The van der Waals surface area contributed by atoms with Gasteiger partial charge < -0.3 is 20.0 Å². The van der Waals surface area contributed by atoms with Crippen molar-refractivity contribution >= 4 is 28.7 Å². The van der Waals surface area contributed by atoms with Gasteiger partial charge in [-0.1, -0.05) is 18.2 Å². The molecule has 124 valence electrons. The number of nitrogens with one attached hydrogen (secondary N) is 1. The zero-order valence-electron chi connectivity index (χ0n) is 13.1. The van der Waals surface area contributed by atoms with Gasteiger partial charge >= 0.3 is 0 Å². The lowest BCUT2D eigenvalue weighted by Crippen LogP contribution is -2.18. The molecule has 8 heteroatoms. The van der Waals surface area contributed by atoms with Crippen molar-refractivity contribution < 1.29 is 9.21 Å². The molecule has 0 aliphatic rings. The van der Waals surface area contributed by atoms with Gasteiger partial charge in [-0.25, -0.2) is 9.97 Å². The SMILES string of the molecule is Nc1nc(-c2ccco2)c2ncn(CC(=O)Nc3ccccc3)c2n1. The molecule has 0 aliphatic heterocycles. The third-order valence-corrected chi connectivity index (χ3v) is 3.61. The summed E-state index contributed by atoms with van der Waals surface area (Å²) in [5.74, 6) is 0.435. The van der Waals surface area contributed by atoms with Crippen LogP contribution >= 0.6 is 0 Å². The molecule has 4 rings (SSSR count). The van der Waals surface area contributed by atoms with Crippen LogP contribution in [0.5, 0.6) is 0 Å². The van der Waals surface area contributed by atoms with Crippen LogP contribution in [-0.2, 0) is 11.3 Å². The van der Waals surface area contributed by atoms with Crippen molar-refractivity contribution in [2.24, 2.45) is 0 Å². The van der Waals surface area contributed by atoms with Crippen LogP contribution in [0.2, 0.25) is 0 Å². The highest BCUT2D eigenvalue weighted by Gasteiger charge is 2.17. The Morgan fingerprint density at radius 1 is 1.16 bits per heavy atom. The van der Waals surface area contributed by atoms with Crippen LogP contribution in [-0.4, -0.2) is 25.4 Å². The molecule has 0 aliphatic carbocycles. The molecule has 0 spiro atoms. The van der Waals surface area contributed by atoms with E-state index in [1.165, 1.54) is 6.33 Å². The van der Waals surface area contributed by atoms with Gasteiger partial charge in [0.2, 0.25) is 11.9 Å². The average molecular weight is 334 g/mol. The Labute approximate surface area is 142 Å². The van der Waals surface area contributed by atoms with Crippen LogP contribution in [0.4, 0.5) is 11.6 Å². The topological polar surface area (TPSA) is 112 Å². The quantitative estimate of drug-likeness (QED) is 0.592. The van der Waals surface area contributed by atoms with Crippen LogP contribution < -0.4 is 11.1 Å². The number of anilines is 2. The number of furan rings is 1. The molecule has 0 atom stereocenters. The van der Waals surface area contributed by atoms with E-state index < -0.39 is 0 Å². The summed E-state index contributed by atoms with van der Waals surface area (Å²) in [5, 5.41) is 2.82. The normalized spacial score (nSPS) is 10.9. The number of aromatic nitrogens is 4. The Morgan fingerprint density at radius 3 is 2.76 bits per heavy atom. The van der Waals surface area contributed by atoms with Gasteiger partial charge in [0.05, 0.1) is 12.6 Å². The van der Waals surface area contributed by atoms with Crippen molar-refractivity contribution in [3.8, 4) is 11.5 Å². The number of nitrogens with zero attached hydrogens (tertiary/aromatic N) is 4. The zero-order chi connectivity index (χ0) is 17.2. The number of nitrogens with two attached hydrogens (primary N) is 1. The number of fused-ring (bicyclic) bond motifs is 1. The van der Waals surface area contributed by atoms with Gasteiger partial charge in [0.25, 0.3) is 0 Å². The number of amides is 1. The first kappa shape index (κ1) is 14.9. The fraction of sp³-hybridized carbons (Fsp3) is 0.0588. The molecular formula is C17H14N6O2. The van der Waals surface area contributed by atoms with Crippen molar-refractivity contribution in [1.82, 2.24) is 19.5 Å². The summed E-state index contributed by atoms with van der Waals surface area (Å²) < 4.78 is 7.00. The minimum Gasteiger partial charge on any atom is -0.463 e. The fourth-order valence-electron chi connectivity index (χ4n) is 2.54. The Kier molecular flexibility index (Phi) is 3.62. The summed E-state index contributed by atoms with van der Waals surface area (Å²) in [5.41, 5.74) is 8.03. The van der Waals surface area contributed by atoms with E-state index in [4.69, 9.17) is 10.2 Å². The standard InChI is InChI=1S/C17H14N6O2/c18-17-21-14(12-7-4-8-25-12)15-16(22-17)23(10-19-15)9-13(24)20-11-5-2-1-3-6-11/h1-8,10H,9H2,(H,20,24)(H2,18,21,22). The summed E-state index contributed by atoms with van der Waals surface area (Å²) in [7, 11) is 0. The maximum Gasteiger partial charge on any atom is 0.244 e. The van der Waals surface area contributed by atoms with Crippen LogP contribution in [0.3, 0.4) is 0 Å². The molecule has 3 heterocycles. The van der Waals surface area contributed by atoms with Crippen LogP contribution in [0.1, 0.15) is 0 Å². The van der Waals surface area contributed by atoms with E-state index >= 15 is 0 Å². The van der Waals surface area contributed by atoms with E-state index in [2.05, 4.69) is 20.3 Å². The zero-order valence-corrected chi connectivity index (χ0v) is 13.1. The van der Waals surface area contributed by atoms with E-state index in [9.17, 15) is 4.79 Å². The van der Waals surface area contributed by atoms with E-state index in [0.717, 1.165) is 5.69 Å². The summed E-state index contributed by atoms with van der Waals surface area (Å²) >= 11 is 0. The molecule has 0 fully saturated rings. The Hall–Kier alpha value is -3.68. The van der Waals surface area contributed by atoms with E-state index in [0.29, 0.717) is 22.6 Å². The predicted octanol–water partition coefficient (Wildman–Crippen LogP) is 2.31. The van der Waals surface area contributed by atoms with Crippen LogP contribution in [0.15, 0.2) is 59.5 Å².